The molecule has 1 atom stereocenters. The zero-order valence-electron chi connectivity index (χ0n) is 12.0. The topological polar surface area (TPSA) is 78.9 Å². The molecule has 6 heteroatoms. The van der Waals surface area contributed by atoms with Crippen LogP contribution >= 0.6 is 0 Å². The molecule has 1 fully saturated rings. The number of fused-ring (bicyclic) bond motifs is 1. The molecule has 0 saturated carbocycles. The number of hydrogen-bond acceptors (Lipinski definition) is 4. The third kappa shape index (κ3) is 3.95. The molecule has 0 bridgehead atoms. The summed E-state index contributed by atoms with van der Waals surface area (Å²) in [6.45, 7) is 2.01. The second-order valence-electron chi connectivity index (χ2n) is 5.08. The Morgan fingerprint density at radius 1 is 1.29 bits per heavy atom. The number of carbonyl (C=O) groups is 2. The van der Waals surface area contributed by atoms with Gasteiger partial charge in [-0.25, -0.2) is 4.79 Å². The largest absolute Gasteiger partial charge is 0.468 e. The lowest BCUT2D eigenvalue weighted by Crippen LogP contribution is -2.31. The first-order chi connectivity index (χ1) is 10.1. The van der Waals surface area contributed by atoms with Gasteiger partial charge in [0.2, 0.25) is 0 Å². The first-order valence-electron chi connectivity index (χ1n) is 6.97. The number of esters is 1. The van der Waals surface area contributed by atoms with Crippen molar-refractivity contribution in [1.82, 2.24) is 10.2 Å². The summed E-state index contributed by atoms with van der Waals surface area (Å²) in [5.41, 5.74) is 2.25. The molecule has 114 valence electrons. The molecule has 0 aromatic heterocycles. The number of ether oxygens (including phenoxy) is 1. The maximum absolute atomic E-state index is 10.7. The molecule has 1 unspecified atom stereocenters. The number of carboxylic acid groups (broad SMARTS) is 1. The standard InChI is InChI=1S/C9H9NO2.C6H11NO2/c11-9(12)10-5-7-3-1-2-4-8(7)6-10;1-9-6(8)5-3-2-4-7-5/h1-4H,5-6H2,(H,11,12);5,7H,2-4H2,1H3. The summed E-state index contributed by atoms with van der Waals surface area (Å²) >= 11 is 0. The zero-order chi connectivity index (χ0) is 15.2. The summed E-state index contributed by atoms with van der Waals surface area (Å²) in [4.78, 5) is 22.7. The van der Waals surface area contributed by atoms with E-state index in [2.05, 4.69) is 10.1 Å². The van der Waals surface area contributed by atoms with E-state index < -0.39 is 6.09 Å². The SMILES string of the molecule is COC(=O)C1CCCN1.O=C(O)N1Cc2ccccc2C1. The lowest BCUT2D eigenvalue weighted by Gasteiger charge is -2.08. The third-order valence-electron chi connectivity index (χ3n) is 3.66. The van der Waals surface area contributed by atoms with Crippen LogP contribution in [0.4, 0.5) is 4.79 Å². The smallest absolute Gasteiger partial charge is 0.407 e. The van der Waals surface area contributed by atoms with E-state index in [9.17, 15) is 9.59 Å². The van der Waals surface area contributed by atoms with Crippen molar-refractivity contribution >= 4 is 12.1 Å². The van der Waals surface area contributed by atoms with Gasteiger partial charge in [0.1, 0.15) is 6.04 Å². The lowest BCUT2D eigenvalue weighted by atomic mass is 10.1. The summed E-state index contributed by atoms with van der Waals surface area (Å²) in [7, 11) is 1.42. The number of benzene rings is 1. The molecule has 0 aliphatic carbocycles. The maximum Gasteiger partial charge on any atom is 0.407 e. The third-order valence-corrected chi connectivity index (χ3v) is 3.66. The molecule has 2 N–H and O–H groups in total. The van der Waals surface area contributed by atoms with Crippen LogP contribution in [0.25, 0.3) is 0 Å². The van der Waals surface area contributed by atoms with Crippen LogP contribution in [0.2, 0.25) is 0 Å². The fourth-order valence-corrected chi connectivity index (χ4v) is 2.50. The Kier molecular flexibility index (Phi) is 5.16. The number of nitrogens with zero attached hydrogens (tertiary/aromatic N) is 1. The highest BCUT2D eigenvalue weighted by atomic mass is 16.5. The van der Waals surface area contributed by atoms with Crippen LogP contribution < -0.4 is 5.32 Å². The van der Waals surface area contributed by atoms with Crippen LogP contribution in [0, 0.1) is 0 Å². The normalized spacial score (nSPS) is 19.5. The highest BCUT2D eigenvalue weighted by molar-refractivity contribution is 5.75. The number of rotatable bonds is 1. The van der Waals surface area contributed by atoms with Gasteiger partial charge in [-0.3, -0.25) is 9.69 Å². The van der Waals surface area contributed by atoms with E-state index in [1.165, 1.54) is 12.0 Å². The molecule has 2 heterocycles. The summed E-state index contributed by atoms with van der Waals surface area (Å²) in [5, 5.41) is 11.7. The minimum atomic E-state index is -0.841. The van der Waals surface area contributed by atoms with Crippen molar-refractivity contribution in [2.45, 2.75) is 32.0 Å². The van der Waals surface area contributed by atoms with Crippen LogP contribution in [-0.2, 0) is 22.6 Å². The van der Waals surface area contributed by atoms with Crippen molar-refractivity contribution in [2.75, 3.05) is 13.7 Å². The number of methoxy groups -OCH3 is 1. The molecule has 1 aromatic rings. The fourth-order valence-electron chi connectivity index (χ4n) is 2.50. The summed E-state index contributed by atoms with van der Waals surface area (Å²) < 4.78 is 4.53. The first-order valence-corrected chi connectivity index (χ1v) is 6.97. The van der Waals surface area contributed by atoms with E-state index in [0.29, 0.717) is 13.1 Å². The molecule has 21 heavy (non-hydrogen) atoms. The van der Waals surface area contributed by atoms with Gasteiger partial charge in [0, 0.05) is 13.1 Å². The van der Waals surface area contributed by atoms with Crippen LogP contribution in [0.1, 0.15) is 24.0 Å². The molecule has 3 rings (SSSR count). The Morgan fingerprint density at radius 3 is 2.33 bits per heavy atom. The minimum absolute atomic E-state index is 0.0324. The number of hydrogen-bond donors (Lipinski definition) is 2. The molecule has 6 nitrogen and oxygen atoms in total. The molecule has 0 spiro atoms. The summed E-state index contributed by atoms with van der Waals surface area (Å²) in [6.07, 6.45) is 1.16. The molecular formula is C15H20N2O4. The average molecular weight is 292 g/mol. The van der Waals surface area contributed by atoms with E-state index in [4.69, 9.17) is 5.11 Å². The van der Waals surface area contributed by atoms with Gasteiger partial charge in [-0.05, 0) is 30.5 Å². The van der Waals surface area contributed by atoms with Crippen molar-refractivity contribution in [3.8, 4) is 0 Å². The van der Waals surface area contributed by atoms with Crippen LogP contribution in [0.3, 0.4) is 0 Å². The van der Waals surface area contributed by atoms with Crippen molar-refractivity contribution in [1.29, 1.82) is 0 Å². The minimum Gasteiger partial charge on any atom is -0.468 e. The van der Waals surface area contributed by atoms with Gasteiger partial charge in [-0.1, -0.05) is 24.3 Å². The van der Waals surface area contributed by atoms with Crippen LogP contribution in [-0.4, -0.2) is 41.8 Å². The van der Waals surface area contributed by atoms with E-state index in [1.54, 1.807) is 0 Å². The van der Waals surface area contributed by atoms with E-state index >= 15 is 0 Å². The highest BCUT2D eigenvalue weighted by Crippen LogP contribution is 2.21. The van der Waals surface area contributed by atoms with Gasteiger partial charge in [-0.15, -0.1) is 0 Å². The summed E-state index contributed by atoms with van der Waals surface area (Å²) in [5.74, 6) is -0.132. The zero-order valence-corrected chi connectivity index (χ0v) is 12.0. The van der Waals surface area contributed by atoms with Crippen LogP contribution in [0.5, 0.6) is 0 Å². The number of carbonyl (C=O) groups excluding carboxylic acids is 1. The molecular weight excluding hydrogens is 272 g/mol. The van der Waals surface area contributed by atoms with Gasteiger partial charge >= 0.3 is 12.1 Å². The number of nitrogens with one attached hydrogen (secondary N) is 1. The van der Waals surface area contributed by atoms with Crippen LogP contribution in [0.15, 0.2) is 24.3 Å². The number of amides is 1. The molecule has 1 amide bonds. The van der Waals surface area contributed by atoms with Crippen molar-refractivity contribution in [2.24, 2.45) is 0 Å². The monoisotopic (exact) mass is 292 g/mol. The maximum atomic E-state index is 10.7. The predicted molar refractivity (Wildman–Crippen MR) is 76.8 cm³/mol. The van der Waals surface area contributed by atoms with Crippen molar-refractivity contribution < 1.29 is 19.4 Å². The Balaban J connectivity index is 0.000000161. The molecule has 1 saturated heterocycles. The van der Waals surface area contributed by atoms with Crippen molar-refractivity contribution in [3.63, 3.8) is 0 Å². The predicted octanol–water partition coefficient (Wildman–Crippen LogP) is 1.59. The molecule has 0 radical (unpaired) electrons. The average Bonchev–Trinajstić information content (AvgIpc) is 3.16. The van der Waals surface area contributed by atoms with Gasteiger partial charge < -0.3 is 15.2 Å². The highest BCUT2D eigenvalue weighted by Gasteiger charge is 2.22. The van der Waals surface area contributed by atoms with E-state index in [-0.39, 0.29) is 12.0 Å². The van der Waals surface area contributed by atoms with Gasteiger partial charge in [0.25, 0.3) is 0 Å². The second kappa shape index (κ2) is 7.08. The van der Waals surface area contributed by atoms with Gasteiger partial charge in [0.15, 0.2) is 0 Å². The Hall–Kier alpha value is -2.08. The lowest BCUT2D eigenvalue weighted by molar-refractivity contribution is -0.142. The molecule has 2 aliphatic rings. The van der Waals surface area contributed by atoms with Crippen molar-refractivity contribution in [3.05, 3.63) is 35.4 Å². The van der Waals surface area contributed by atoms with Gasteiger partial charge in [-0.2, -0.15) is 0 Å². The Labute approximate surface area is 123 Å². The quantitative estimate of drug-likeness (QED) is 0.769. The van der Waals surface area contributed by atoms with E-state index in [1.807, 2.05) is 24.3 Å². The molecule has 1 aromatic carbocycles. The second-order valence-corrected chi connectivity index (χ2v) is 5.08. The summed E-state index contributed by atoms with van der Waals surface area (Å²) in [6, 6.07) is 7.78. The Bertz CT molecular complexity index is 487. The first kappa shape index (κ1) is 15.3. The Morgan fingerprint density at radius 2 is 1.90 bits per heavy atom. The van der Waals surface area contributed by atoms with Gasteiger partial charge in [0.05, 0.1) is 7.11 Å². The fraction of sp³-hybridized carbons (Fsp3) is 0.467. The molecule has 2 aliphatic heterocycles. The van der Waals surface area contributed by atoms with E-state index in [0.717, 1.165) is 30.5 Å².